The Bertz CT molecular complexity index is 626. The van der Waals surface area contributed by atoms with Crippen molar-refractivity contribution < 1.29 is 9.13 Å². The summed E-state index contributed by atoms with van der Waals surface area (Å²) in [6.07, 6.45) is 0. The molecule has 2 N–H and O–H groups in total. The van der Waals surface area contributed by atoms with Crippen LogP contribution in [0, 0.1) is 5.82 Å². The quantitative estimate of drug-likeness (QED) is 0.781. The van der Waals surface area contributed by atoms with Gasteiger partial charge in [0.15, 0.2) is 11.6 Å². The van der Waals surface area contributed by atoms with Crippen molar-refractivity contribution in [1.82, 2.24) is 15.0 Å². The normalized spacial score (nSPS) is 10.5. The largest absolute Gasteiger partial charge is 0.490 e. The van der Waals surface area contributed by atoms with E-state index in [-0.39, 0.29) is 17.5 Å². The number of aromatic nitrogens is 3. The van der Waals surface area contributed by atoms with Crippen LogP contribution in [0.2, 0.25) is 0 Å². The van der Waals surface area contributed by atoms with Crippen LogP contribution in [0.5, 0.6) is 5.75 Å². The topological polar surface area (TPSA) is 77.2 Å². The van der Waals surface area contributed by atoms with Crippen LogP contribution in [0.25, 0.3) is 0 Å². The summed E-state index contributed by atoms with van der Waals surface area (Å²) < 4.78 is 18.7. The second-order valence-corrected chi connectivity index (χ2v) is 5.74. The maximum Gasteiger partial charge on any atom is 0.229 e. The van der Waals surface area contributed by atoms with E-state index in [1.165, 1.54) is 6.07 Å². The average molecular weight is 323 g/mol. The molecule has 0 fully saturated rings. The fourth-order valence-corrected chi connectivity index (χ4v) is 2.28. The molecule has 0 atom stereocenters. The molecular weight excluding hydrogens is 305 g/mol. The maximum atomic E-state index is 13.4. The number of para-hydroxylation sites is 1. The summed E-state index contributed by atoms with van der Waals surface area (Å²) in [5.41, 5.74) is 5.66. The summed E-state index contributed by atoms with van der Waals surface area (Å²) in [7, 11) is 3.68. The van der Waals surface area contributed by atoms with Gasteiger partial charge in [-0.05, 0) is 12.1 Å². The minimum Gasteiger partial charge on any atom is -0.490 e. The molecule has 0 aliphatic heterocycles. The summed E-state index contributed by atoms with van der Waals surface area (Å²) in [5, 5.41) is 0. The molecule has 1 aromatic heterocycles. The predicted octanol–water partition coefficient (Wildman–Crippen LogP) is 1.97. The third-order valence-electron chi connectivity index (χ3n) is 2.64. The van der Waals surface area contributed by atoms with E-state index in [1.54, 1.807) is 34.9 Å². The van der Waals surface area contributed by atoms with Crippen molar-refractivity contribution in [3.8, 4) is 5.75 Å². The Morgan fingerprint density at radius 2 is 2.00 bits per heavy atom. The summed E-state index contributed by atoms with van der Waals surface area (Å²) in [6, 6.07) is 6.35. The first-order valence-corrected chi connectivity index (χ1v) is 7.84. The van der Waals surface area contributed by atoms with Gasteiger partial charge in [0, 0.05) is 19.8 Å². The fourth-order valence-electron chi connectivity index (χ4n) is 1.63. The summed E-state index contributed by atoms with van der Waals surface area (Å²) in [4.78, 5) is 14.2. The molecule has 1 heterocycles. The van der Waals surface area contributed by atoms with Crippen molar-refractivity contribution in [2.24, 2.45) is 0 Å². The highest BCUT2D eigenvalue weighted by atomic mass is 32.2. The van der Waals surface area contributed by atoms with Gasteiger partial charge in [-0.15, -0.1) is 0 Å². The highest BCUT2D eigenvalue weighted by Gasteiger charge is 2.06. The molecule has 8 heteroatoms. The minimum atomic E-state index is -0.353. The van der Waals surface area contributed by atoms with Crippen LogP contribution in [0.4, 0.5) is 16.3 Å². The van der Waals surface area contributed by atoms with Gasteiger partial charge >= 0.3 is 0 Å². The standard InChI is InChI=1S/C14H18FN5OS/c1-20(2)14-18-12(17-13(16)19-14)9-22-8-7-21-11-6-4-3-5-10(11)15/h3-6H,7-9H2,1-2H3,(H2,16,17,18,19). The molecule has 6 nitrogen and oxygen atoms in total. The lowest BCUT2D eigenvalue weighted by Gasteiger charge is -2.11. The van der Waals surface area contributed by atoms with E-state index in [1.807, 2.05) is 14.1 Å². The van der Waals surface area contributed by atoms with Crippen LogP contribution in [0.15, 0.2) is 24.3 Å². The van der Waals surface area contributed by atoms with E-state index in [0.29, 0.717) is 29.9 Å². The number of rotatable bonds is 7. The van der Waals surface area contributed by atoms with Gasteiger partial charge in [-0.2, -0.15) is 26.7 Å². The van der Waals surface area contributed by atoms with E-state index in [0.717, 1.165) is 0 Å². The first-order chi connectivity index (χ1) is 10.6. The van der Waals surface area contributed by atoms with Gasteiger partial charge in [-0.25, -0.2) is 4.39 Å². The van der Waals surface area contributed by atoms with Gasteiger partial charge < -0.3 is 15.4 Å². The Balaban J connectivity index is 1.78. The van der Waals surface area contributed by atoms with Gasteiger partial charge in [-0.1, -0.05) is 12.1 Å². The van der Waals surface area contributed by atoms with Crippen molar-refractivity contribution in [2.45, 2.75) is 5.75 Å². The third-order valence-corrected chi connectivity index (χ3v) is 3.56. The Morgan fingerprint density at radius 3 is 2.73 bits per heavy atom. The van der Waals surface area contributed by atoms with Crippen molar-refractivity contribution >= 4 is 23.7 Å². The maximum absolute atomic E-state index is 13.4. The number of ether oxygens (including phenoxy) is 1. The number of hydrogen-bond acceptors (Lipinski definition) is 7. The average Bonchev–Trinajstić information content (AvgIpc) is 2.48. The first-order valence-electron chi connectivity index (χ1n) is 6.69. The lowest BCUT2D eigenvalue weighted by Crippen LogP contribution is -2.16. The molecule has 22 heavy (non-hydrogen) atoms. The molecule has 0 aliphatic rings. The number of nitrogen functional groups attached to an aromatic ring is 1. The molecule has 2 rings (SSSR count). The van der Waals surface area contributed by atoms with Crippen LogP contribution in [-0.2, 0) is 5.75 Å². The van der Waals surface area contributed by atoms with Crippen molar-refractivity contribution in [2.75, 3.05) is 37.1 Å². The van der Waals surface area contributed by atoms with Crippen LogP contribution >= 0.6 is 11.8 Å². The fraction of sp³-hybridized carbons (Fsp3) is 0.357. The third kappa shape index (κ3) is 4.73. The van der Waals surface area contributed by atoms with E-state index < -0.39 is 0 Å². The molecule has 0 spiro atoms. The smallest absolute Gasteiger partial charge is 0.229 e. The molecule has 0 saturated carbocycles. The second kappa shape index (κ2) is 7.79. The van der Waals surface area contributed by atoms with Gasteiger partial charge in [-0.3, -0.25) is 0 Å². The van der Waals surface area contributed by atoms with Crippen LogP contribution in [-0.4, -0.2) is 41.4 Å². The second-order valence-electron chi connectivity index (χ2n) is 4.64. The van der Waals surface area contributed by atoms with Crippen LogP contribution < -0.4 is 15.4 Å². The first kappa shape index (κ1) is 16.3. The Labute approximate surface area is 132 Å². The number of halogens is 1. The molecule has 0 saturated heterocycles. The monoisotopic (exact) mass is 323 g/mol. The highest BCUT2D eigenvalue weighted by Crippen LogP contribution is 2.17. The number of nitrogens with two attached hydrogens (primary N) is 1. The summed E-state index contributed by atoms with van der Waals surface area (Å²) in [6.45, 7) is 0.409. The molecular formula is C14H18FN5OS. The van der Waals surface area contributed by atoms with E-state index in [4.69, 9.17) is 10.5 Å². The molecule has 0 amide bonds. The molecule has 0 radical (unpaired) electrons. The zero-order chi connectivity index (χ0) is 15.9. The number of anilines is 2. The molecule has 0 unspecified atom stereocenters. The van der Waals surface area contributed by atoms with E-state index in [9.17, 15) is 4.39 Å². The molecule has 2 aromatic rings. The zero-order valence-electron chi connectivity index (χ0n) is 12.5. The van der Waals surface area contributed by atoms with Gasteiger partial charge in [0.05, 0.1) is 12.4 Å². The number of nitrogens with zero attached hydrogens (tertiary/aromatic N) is 4. The Hall–Kier alpha value is -2.09. The predicted molar refractivity (Wildman–Crippen MR) is 86.6 cm³/mol. The number of thioether (sulfide) groups is 1. The SMILES string of the molecule is CN(C)c1nc(N)nc(CSCCOc2ccccc2F)n1. The van der Waals surface area contributed by atoms with Crippen molar-refractivity contribution in [3.63, 3.8) is 0 Å². The zero-order valence-corrected chi connectivity index (χ0v) is 13.3. The van der Waals surface area contributed by atoms with Gasteiger partial charge in [0.1, 0.15) is 5.82 Å². The van der Waals surface area contributed by atoms with Crippen molar-refractivity contribution in [3.05, 3.63) is 35.9 Å². The van der Waals surface area contributed by atoms with Crippen LogP contribution in [0.1, 0.15) is 5.82 Å². The van der Waals surface area contributed by atoms with E-state index in [2.05, 4.69) is 15.0 Å². The molecule has 1 aromatic carbocycles. The minimum absolute atomic E-state index is 0.205. The summed E-state index contributed by atoms with van der Waals surface area (Å²) >= 11 is 1.59. The number of hydrogen-bond donors (Lipinski definition) is 1. The Kier molecular flexibility index (Phi) is 5.76. The van der Waals surface area contributed by atoms with Gasteiger partial charge in [0.25, 0.3) is 0 Å². The Morgan fingerprint density at radius 1 is 1.23 bits per heavy atom. The molecule has 0 bridgehead atoms. The molecule has 0 aliphatic carbocycles. The van der Waals surface area contributed by atoms with Gasteiger partial charge in [0.2, 0.25) is 11.9 Å². The highest BCUT2D eigenvalue weighted by molar-refractivity contribution is 7.98. The van der Waals surface area contributed by atoms with Crippen LogP contribution in [0.3, 0.4) is 0 Å². The van der Waals surface area contributed by atoms with Crippen molar-refractivity contribution in [1.29, 1.82) is 0 Å². The summed E-state index contributed by atoms with van der Waals surface area (Å²) in [5.74, 6) is 2.55. The van der Waals surface area contributed by atoms with E-state index >= 15 is 0 Å². The lowest BCUT2D eigenvalue weighted by molar-refractivity contribution is 0.325. The lowest BCUT2D eigenvalue weighted by atomic mass is 10.3. The molecule has 118 valence electrons. The number of benzene rings is 1.